The SMILES string of the molecule is C=C/C(=C\C=C/C)C(N=C)=Nc1ccc(-c2cccc(F)c2F)cc1CCCCCNC. The van der Waals surface area contributed by atoms with Crippen molar-refractivity contribution in [3.05, 3.63) is 90.1 Å². The van der Waals surface area contributed by atoms with E-state index in [1.54, 1.807) is 18.2 Å². The van der Waals surface area contributed by atoms with Crippen LogP contribution in [0.3, 0.4) is 0 Å². The van der Waals surface area contributed by atoms with Crippen molar-refractivity contribution in [3.63, 3.8) is 0 Å². The molecule has 0 saturated carbocycles. The zero-order chi connectivity index (χ0) is 23.3. The number of halogens is 2. The van der Waals surface area contributed by atoms with Gasteiger partial charge in [-0.05, 0) is 75.8 Å². The summed E-state index contributed by atoms with van der Waals surface area (Å²) in [5, 5.41) is 3.15. The van der Waals surface area contributed by atoms with Crippen molar-refractivity contribution in [2.24, 2.45) is 9.98 Å². The third-order valence-corrected chi connectivity index (χ3v) is 5.04. The molecule has 0 atom stereocenters. The van der Waals surface area contributed by atoms with Gasteiger partial charge in [-0.3, -0.25) is 0 Å². The van der Waals surface area contributed by atoms with E-state index in [2.05, 4.69) is 23.6 Å². The Bertz CT molecular complexity index is 1020. The van der Waals surface area contributed by atoms with E-state index in [-0.39, 0.29) is 5.56 Å². The van der Waals surface area contributed by atoms with Crippen molar-refractivity contribution >= 4 is 18.2 Å². The predicted molar refractivity (Wildman–Crippen MR) is 133 cm³/mol. The van der Waals surface area contributed by atoms with Crippen LogP contribution in [0.2, 0.25) is 0 Å². The number of nitrogens with one attached hydrogen (secondary N) is 1. The molecule has 0 spiro atoms. The second-order valence-electron chi connectivity index (χ2n) is 7.30. The molecule has 0 amide bonds. The maximum Gasteiger partial charge on any atom is 0.166 e. The van der Waals surface area contributed by atoms with Crippen molar-refractivity contribution in [2.75, 3.05) is 13.6 Å². The highest BCUT2D eigenvalue weighted by molar-refractivity contribution is 6.04. The number of allylic oxidation sites excluding steroid dienone is 3. The van der Waals surface area contributed by atoms with E-state index in [4.69, 9.17) is 4.99 Å². The number of rotatable bonds is 11. The Morgan fingerprint density at radius 2 is 1.94 bits per heavy atom. The lowest BCUT2D eigenvalue weighted by atomic mass is 9.98. The Morgan fingerprint density at radius 3 is 2.62 bits per heavy atom. The molecule has 2 aromatic rings. The topological polar surface area (TPSA) is 36.8 Å². The van der Waals surface area contributed by atoms with Crippen LogP contribution in [-0.2, 0) is 6.42 Å². The maximum atomic E-state index is 14.4. The molecule has 0 aliphatic heterocycles. The van der Waals surface area contributed by atoms with Crippen LogP contribution in [-0.4, -0.2) is 26.1 Å². The summed E-state index contributed by atoms with van der Waals surface area (Å²) in [6.45, 7) is 10.4. The van der Waals surface area contributed by atoms with Crippen LogP contribution < -0.4 is 5.32 Å². The number of benzene rings is 2. The first-order chi connectivity index (χ1) is 15.5. The van der Waals surface area contributed by atoms with E-state index >= 15 is 0 Å². The van der Waals surface area contributed by atoms with Gasteiger partial charge in [-0.15, -0.1) is 0 Å². The van der Waals surface area contributed by atoms with Gasteiger partial charge in [0.2, 0.25) is 0 Å². The molecule has 0 aliphatic carbocycles. The molecule has 2 aromatic carbocycles. The summed E-state index contributed by atoms with van der Waals surface area (Å²) < 4.78 is 28.2. The molecule has 1 N–H and O–H groups in total. The van der Waals surface area contributed by atoms with Gasteiger partial charge in [-0.1, -0.05) is 55.5 Å². The van der Waals surface area contributed by atoms with Gasteiger partial charge in [-0.2, -0.15) is 0 Å². The van der Waals surface area contributed by atoms with Crippen molar-refractivity contribution in [3.8, 4) is 11.1 Å². The highest BCUT2D eigenvalue weighted by Crippen LogP contribution is 2.31. The normalized spacial score (nSPS) is 12.4. The van der Waals surface area contributed by atoms with Crippen molar-refractivity contribution in [1.82, 2.24) is 5.32 Å². The second kappa shape index (κ2) is 13.3. The van der Waals surface area contributed by atoms with Crippen LogP contribution in [0.1, 0.15) is 31.7 Å². The van der Waals surface area contributed by atoms with E-state index < -0.39 is 11.6 Å². The van der Waals surface area contributed by atoms with E-state index in [0.717, 1.165) is 55.1 Å². The van der Waals surface area contributed by atoms with Crippen LogP contribution in [0.15, 0.2) is 82.8 Å². The Hall–Kier alpha value is -3.18. The van der Waals surface area contributed by atoms with Crippen molar-refractivity contribution < 1.29 is 8.78 Å². The minimum Gasteiger partial charge on any atom is -0.320 e. The molecule has 5 heteroatoms. The molecule has 0 aromatic heterocycles. The van der Waals surface area contributed by atoms with Gasteiger partial charge in [0.1, 0.15) is 0 Å². The zero-order valence-corrected chi connectivity index (χ0v) is 18.9. The fraction of sp³-hybridized carbons (Fsp3) is 0.259. The minimum absolute atomic E-state index is 0.235. The molecule has 0 radical (unpaired) electrons. The first kappa shape index (κ1) is 25.1. The minimum atomic E-state index is -0.860. The van der Waals surface area contributed by atoms with Crippen molar-refractivity contribution in [2.45, 2.75) is 32.6 Å². The first-order valence-electron chi connectivity index (χ1n) is 10.8. The summed E-state index contributed by atoms with van der Waals surface area (Å²) in [7, 11) is 1.94. The van der Waals surface area contributed by atoms with E-state index in [1.807, 2.05) is 44.3 Å². The molecular weight excluding hydrogens is 404 g/mol. The van der Waals surface area contributed by atoms with Crippen molar-refractivity contribution in [1.29, 1.82) is 0 Å². The molecule has 32 heavy (non-hydrogen) atoms. The first-order valence-corrected chi connectivity index (χ1v) is 10.8. The lowest BCUT2D eigenvalue weighted by Gasteiger charge is -2.12. The number of aryl methyl sites for hydroxylation is 1. The van der Waals surface area contributed by atoms with E-state index in [0.29, 0.717) is 11.4 Å². The molecule has 0 aliphatic rings. The maximum absolute atomic E-state index is 14.4. The third-order valence-electron chi connectivity index (χ3n) is 5.04. The quantitative estimate of drug-likeness (QED) is 0.176. The highest BCUT2D eigenvalue weighted by atomic mass is 19.2. The fourth-order valence-electron chi connectivity index (χ4n) is 3.32. The largest absolute Gasteiger partial charge is 0.320 e. The van der Waals surface area contributed by atoms with Gasteiger partial charge >= 0.3 is 0 Å². The van der Waals surface area contributed by atoms with Crippen LogP contribution in [0.5, 0.6) is 0 Å². The van der Waals surface area contributed by atoms with E-state index in [9.17, 15) is 8.78 Å². The average molecular weight is 436 g/mol. The Kier molecular flexibility index (Phi) is 10.4. The van der Waals surface area contributed by atoms with Gasteiger partial charge in [-0.25, -0.2) is 18.8 Å². The summed E-state index contributed by atoms with van der Waals surface area (Å²) >= 11 is 0. The number of aliphatic imine (C=N–C) groups is 2. The lowest BCUT2D eigenvalue weighted by Crippen LogP contribution is -2.07. The molecule has 0 heterocycles. The monoisotopic (exact) mass is 435 g/mol. The Balaban J connectivity index is 2.49. The molecule has 0 unspecified atom stereocenters. The third kappa shape index (κ3) is 6.92. The molecule has 168 valence electrons. The summed E-state index contributed by atoms with van der Waals surface area (Å²) in [4.78, 5) is 8.81. The Morgan fingerprint density at radius 1 is 1.12 bits per heavy atom. The number of unbranched alkanes of at least 4 members (excludes halogenated alkanes) is 2. The summed E-state index contributed by atoms with van der Waals surface area (Å²) in [6.07, 6.45) is 11.2. The average Bonchev–Trinajstić information content (AvgIpc) is 2.81. The molecule has 0 fully saturated rings. The van der Waals surface area contributed by atoms with Gasteiger partial charge < -0.3 is 5.32 Å². The molecule has 0 bridgehead atoms. The van der Waals surface area contributed by atoms with Crippen LogP contribution in [0, 0.1) is 11.6 Å². The van der Waals surface area contributed by atoms with Gasteiger partial charge in [0.15, 0.2) is 17.5 Å². The summed E-state index contributed by atoms with van der Waals surface area (Å²) in [5.74, 6) is -1.25. The molecule has 3 nitrogen and oxygen atoms in total. The van der Waals surface area contributed by atoms with Crippen LogP contribution in [0.4, 0.5) is 14.5 Å². The molecule has 2 rings (SSSR count). The van der Waals surface area contributed by atoms with Gasteiger partial charge in [0.05, 0.1) is 5.69 Å². The fourth-order valence-corrected chi connectivity index (χ4v) is 3.32. The smallest absolute Gasteiger partial charge is 0.166 e. The number of nitrogens with zero attached hydrogens (tertiary/aromatic N) is 2. The van der Waals surface area contributed by atoms with Gasteiger partial charge in [0, 0.05) is 11.1 Å². The van der Waals surface area contributed by atoms with E-state index in [1.165, 1.54) is 6.07 Å². The summed E-state index contributed by atoms with van der Waals surface area (Å²) in [6, 6.07) is 9.68. The molecule has 0 saturated heterocycles. The van der Waals surface area contributed by atoms with Gasteiger partial charge in [0.25, 0.3) is 0 Å². The van der Waals surface area contributed by atoms with Crippen LogP contribution in [0.25, 0.3) is 11.1 Å². The second-order valence-corrected chi connectivity index (χ2v) is 7.30. The number of hydrogen-bond acceptors (Lipinski definition) is 2. The number of hydrogen-bond donors (Lipinski definition) is 1. The number of amidine groups is 1. The van der Waals surface area contributed by atoms with Crippen LogP contribution >= 0.6 is 0 Å². The lowest BCUT2D eigenvalue weighted by molar-refractivity contribution is 0.511. The predicted octanol–water partition coefficient (Wildman–Crippen LogP) is 6.98. The summed E-state index contributed by atoms with van der Waals surface area (Å²) in [5.41, 5.74) is 3.28. The Labute approximate surface area is 190 Å². The zero-order valence-electron chi connectivity index (χ0n) is 18.9. The highest BCUT2D eigenvalue weighted by Gasteiger charge is 2.13. The molecular formula is C27H31F2N3. The standard InChI is InChI=1S/C27H31F2N3/c1-5-7-12-20(6-2)27(31-4)32-25-17-16-21(23-14-11-15-24(28)26(23)29)19-22(25)13-9-8-10-18-30-3/h5-7,11-12,14-17,19,30H,2,4,8-10,13,18H2,1,3H3/b7-5-,20-12+,32-27?.